The van der Waals surface area contributed by atoms with E-state index in [1.165, 1.54) is 6.26 Å². The summed E-state index contributed by atoms with van der Waals surface area (Å²) in [4.78, 5) is 12.4. The Bertz CT molecular complexity index is 1250. The van der Waals surface area contributed by atoms with E-state index < -0.39 is 9.84 Å². The molecule has 0 amide bonds. The smallest absolute Gasteiger partial charge is 0.227 e. The molecular weight excluding hydrogens is 360 g/mol. The molecule has 0 aliphatic heterocycles. The van der Waals surface area contributed by atoms with Crippen molar-refractivity contribution < 1.29 is 8.42 Å². The van der Waals surface area contributed by atoms with E-state index in [1.807, 2.05) is 31.3 Å². The van der Waals surface area contributed by atoms with Gasteiger partial charge in [0.1, 0.15) is 0 Å². The molecule has 0 unspecified atom stereocenters. The van der Waals surface area contributed by atoms with Gasteiger partial charge in [0.2, 0.25) is 5.95 Å². The van der Waals surface area contributed by atoms with Gasteiger partial charge in [-0.15, -0.1) is 0 Å². The van der Waals surface area contributed by atoms with E-state index in [4.69, 9.17) is 0 Å². The van der Waals surface area contributed by atoms with Crippen LogP contribution in [0.15, 0.2) is 65.8 Å². The lowest BCUT2D eigenvalue weighted by Crippen LogP contribution is -2.01. The summed E-state index contributed by atoms with van der Waals surface area (Å²) in [6.45, 7) is 2.05. The highest BCUT2D eigenvalue weighted by Crippen LogP contribution is 2.31. The number of rotatable bonds is 4. The minimum Gasteiger partial charge on any atom is -0.361 e. The molecule has 0 fully saturated rings. The van der Waals surface area contributed by atoms with Gasteiger partial charge in [0, 0.05) is 40.8 Å². The predicted molar refractivity (Wildman–Crippen MR) is 107 cm³/mol. The first-order chi connectivity index (χ1) is 12.9. The highest BCUT2D eigenvalue weighted by Gasteiger charge is 2.12. The maximum Gasteiger partial charge on any atom is 0.227 e. The molecule has 4 rings (SSSR count). The van der Waals surface area contributed by atoms with Crippen molar-refractivity contribution in [3.63, 3.8) is 0 Å². The fraction of sp³-hybridized carbons (Fsp3) is 0.100. The average Bonchev–Trinajstić information content (AvgIpc) is 3.10. The number of nitrogens with one attached hydrogen (secondary N) is 2. The van der Waals surface area contributed by atoms with Crippen LogP contribution in [0, 0.1) is 6.92 Å². The number of benzene rings is 2. The molecule has 0 saturated carbocycles. The third-order valence-corrected chi connectivity index (χ3v) is 5.48. The van der Waals surface area contributed by atoms with Crippen LogP contribution >= 0.6 is 0 Å². The van der Waals surface area contributed by atoms with Crippen LogP contribution in [0.25, 0.3) is 22.2 Å². The number of aromatic amines is 1. The Balaban J connectivity index is 1.74. The first-order valence-electron chi connectivity index (χ1n) is 8.39. The Kier molecular flexibility index (Phi) is 4.16. The fourth-order valence-electron chi connectivity index (χ4n) is 3.07. The highest BCUT2D eigenvalue weighted by atomic mass is 32.2. The Morgan fingerprint density at radius 2 is 1.93 bits per heavy atom. The van der Waals surface area contributed by atoms with Crippen LogP contribution in [0.2, 0.25) is 0 Å². The number of fused-ring (bicyclic) bond motifs is 1. The summed E-state index contributed by atoms with van der Waals surface area (Å²) < 4.78 is 23.5. The van der Waals surface area contributed by atoms with Gasteiger partial charge in [0.15, 0.2) is 9.84 Å². The monoisotopic (exact) mass is 378 g/mol. The van der Waals surface area contributed by atoms with E-state index in [1.54, 1.807) is 30.5 Å². The summed E-state index contributed by atoms with van der Waals surface area (Å²) in [6, 6.07) is 14.6. The predicted octanol–water partition coefficient (Wildman–Crippen LogP) is 4.08. The van der Waals surface area contributed by atoms with E-state index in [2.05, 4.69) is 26.3 Å². The van der Waals surface area contributed by atoms with E-state index in [0.29, 0.717) is 11.6 Å². The van der Waals surface area contributed by atoms with E-state index >= 15 is 0 Å². The zero-order chi connectivity index (χ0) is 19.0. The van der Waals surface area contributed by atoms with Gasteiger partial charge in [-0.05, 0) is 48.9 Å². The van der Waals surface area contributed by atoms with Crippen molar-refractivity contribution >= 4 is 32.4 Å². The lowest BCUT2D eigenvalue weighted by Gasteiger charge is -2.10. The molecule has 0 bridgehead atoms. The summed E-state index contributed by atoms with van der Waals surface area (Å²) in [5, 5.41) is 4.19. The Morgan fingerprint density at radius 3 is 2.74 bits per heavy atom. The quantitative estimate of drug-likeness (QED) is 0.559. The third kappa shape index (κ3) is 3.41. The van der Waals surface area contributed by atoms with Gasteiger partial charge >= 0.3 is 0 Å². The number of hydrogen-bond donors (Lipinski definition) is 2. The molecule has 2 aromatic heterocycles. The van der Waals surface area contributed by atoms with Crippen molar-refractivity contribution in [1.82, 2.24) is 15.0 Å². The molecule has 0 saturated heterocycles. The molecular formula is C20H18N4O2S. The number of aryl methyl sites for hydroxylation is 1. The molecule has 0 aliphatic rings. The number of anilines is 2. The Morgan fingerprint density at radius 1 is 1.07 bits per heavy atom. The highest BCUT2D eigenvalue weighted by molar-refractivity contribution is 7.90. The first-order valence-corrected chi connectivity index (χ1v) is 10.3. The van der Waals surface area contributed by atoms with Crippen molar-refractivity contribution in [1.29, 1.82) is 0 Å². The number of hydrogen-bond acceptors (Lipinski definition) is 5. The van der Waals surface area contributed by atoms with Crippen LogP contribution in [-0.2, 0) is 9.84 Å². The Hall–Kier alpha value is -3.19. The zero-order valence-electron chi connectivity index (χ0n) is 14.9. The molecule has 2 N–H and O–H groups in total. The topological polar surface area (TPSA) is 87.7 Å². The minimum absolute atomic E-state index is 0.247. The third-order valence-electron chi connectivity index (χ3n) is 4.37. The number of H-pyrrole nitrogens is 1. The minimum atomic E-state index is -3.28. The lowest BCUT2D eigenvalue weighted by atomic mass is 10.0. The Labute approximate surface area is 157 Å². The zero-order valence-corrected chi connectivity index (χ0v) is 15.7. The van der Waals surface area contributed by atoms with Gasteiger partial charge in [-0.25, -0.2) is 18.4 Å². The van der Waals surface area contributed by atoms with Gasteiger partial charge < -0.3 is 10.3 Å². The summed E-state index contributed by atoms with van der Waals surface area (Å²) in [6.07, 6.45) is 4.78. The lowest BCUT2D eigenvalue weighted by molar-refractivity contribution is 0.602. The van der Waals surface area contributed by atoms with Gasteiger partial charge in [0.25, 0.3) is 0 Å². The average molecular weight is 378 g/mol. The van der Waals surface area contributed by atoms with Gasteiger partial charge in [-0.1, -0.05) is 12.1 Å². The summed E-state index contributed by atoms with van der Waals surface area (Å²) in [5.41, 5.74) is 4.63. The second-order valence-corrected chi connectivity index (χ2v) is 8.40. The molecule has 0 atom stereocenters. The van der Waals surface area contributed by atoms with E-state index in [-0.39, 0.29) is 4.90 Å². The SMILES string of the molecule is Cc1ccc2[nH]ccc2c1-c1ccnc(Nc2cccc(S(C)(=O)=O)c2)n1. The molecule has 0 aliphatic carbocycles. The van der Waals surface area contributed by atoms with Crippen LogP contribution in [0.4, 0.5) is 11.6 Å². The number of sulfone groups is 1. The van der Waals surface area contributed by atoms with Crippen LogP contribution in [-0.4, -0.2) is 29.6 Å². The van der Waals surface area contributed by atoms with Crippen LogP contribution < -0.4 is 5.32 Å². The molecule has 0 radical (unpaired) electrons. The van der Waals surface area contributed by atoms with E-state index in [0.717, 1.165) is 27.7 Å². The van der Waals surface area contributed by atoms with E-state index in [9.17, 15) is 8.42 Å². The van der Waals surface area contributed by atoms with Crippen molar-refractivity contribution in [2.24, 2.45) is 0 Å². The largest absolute Gasteiger partial charge is 0.361 e. The van der Waals surface area contributed by atoms with Gasteiger partial charge in [-0.3, -0.25) is 0 Å². The normalized spacial score (nSPS) is 11.6. The fourth-order valence-corrected chi connectivity index (χ4v) is 3.74. The van der Waals surface area contributed by atoms with Gasteiger partial charge in [-0.2, -0.15) is 0 Å². The molecule has 6 nitrogen and oxygen atoms in total. The molecule has 2 aromatic carbocycles. The summed E-state index contributed by atoms with van der Waals surface area (Å²) in [7, 11) is -3.28. The van der Waals surface area contributed by atoms with Crippen LogP contribution in [0.3, 0.4) is 0 Å². The molecule has 4 aromatic rings. The molecule has 2 heterocycles. The number of aromatic nitrogens is 3. The maximum absolute atomic E-state index is 11.8. The van der Waals surface area contributed by atoms with Crippen molar-refractivity contribution in [2.75, 3.05) is 11.6 Å². The second-order valence-electron chi connectivity index (χ2n) is 6.39. The summed E-state index contributed by atoms with van der Waals surface area (Å²) >= 11 is 0. The first kappa shape index (κ1) is 17.2. The van der Waals surface area contributed by atoms with Crippen molar-refractivity contribution in [3.05, 3.63) is 66.5 Å². The van der Waals surface area contributed by atoms with Crippen LogP contribution in [0.1, 0.15) is 5.56 Å². The van der Waals surface area contributed by atoms with Crippen molar-refractivity contribution in [2.45, 2.75) is 11.8 Å². The molecule has 0 spiro atoms. The molecule has 27 heavy (non-hydrogen) atoms. The van der Waals surface area contributed by atoms with Gasteiger partial charge in [0.05, 0.1) is 10.6 Å². The van der Waals surface area contributed by atoms with Crippen molar-refractivity contribution in [3.8, 4) is 11.3 Å². The summed E-state index contributed by atoms with van der Waals surface area (Å²) in [5.74, 6) is 0.407. The molecule has 7 heteroatoms. The number of nitrogens with zero attached hydrogens (tertiary/aromatic N) is 2. The second kappa shape index (κ2) is 6.51. The molecule has 136 valence electrons. The maximum atomic E-state index is 11.8. The standard InChI is InChI=1S/C20H18N4O2S/c1-13-6-7-17-16(8-10-21-17)19(13)18-9-11-22-20(24-18)23-14-4-3-5-15(12-14)27(2,25)26/h3-12,21H,1-2H3,(H,22,23,24). The van der Waals surface area contributed by atoms with Crippen LogP contribution in [0.5, 0.6) is 0 Å².